The first-order valence-corrected chi connectivity index (χ1v) is 2.68. The number of nitrogens with zero attached hydrogens (tertiary/aromatic N) is 1. The average Bonchev–Trinajstić information content (AvgIpc) is 1.85. The second kappa shape index (κ2) is 3.55. The Morgan fingerprint density at radius 2 is 2.11 bits per heavy atom. The van der Waals surface area contributed by atoms with Crippen LogP contribution in [0.15, 0.2) is 0 Å². The fourth-order valence-electron chi connectivity index (χ4n) is 0.417. The van der Waals surface area contributed by atoms with E-state index in [4.69, 9.17) is 0 Å². The fourth-order valence-corrected chi connectivity index (χ4v) is 0.734. The Balaban J connectivity index is 0.000000640. The molecule has 1 radical (unpaired) electrons. The van der Waals surface area contributed by atoms with E-state index in [9.17, 15) is 9.59 Å². The number of hydrogen-bond donors (Lipinski definition) is 1. The van der Waals surface area contributed by atoms with E-state index in [2.05, 4.69) is 21.5 Å². The minimum Gasteiger partial charge on any atom is -0.276 e. The van der Waals surface area contributed by atoms with Gasteiger partial charge < -0.3 is 0 Å². The molecule has 1 N–H and O–H groups in total. The summed E-state index contributed by atoms with van der Waals surface area (Å²) >= 11 is 2.84. The maximum atomic E-state index is 10.3. The second-order valence-corrected chi connectivity index (χ2v) is 2.23. The summed E-state index contributed by atoms with van der Waals surface area (Å²) < 4.78 is 1.13. The normalized spacial score (nSPS) is 17.2. The molecule has 6 heteroatoms. The van der Waals surface area contributed by atoms with Gasteiger partial charge in [0, 0.05) is 29.6 Å². The van der Waals surface area contributed by atoms with Gasteiger partial charge in [0.1, 0.15) is 6.54 Å². The summed E-state index contributed by atoms with van der Waals surface area (Å²) in [5.74, 6) is -0.271. The van der Waals surface area contributed by atoms with E-state index in [-0.39, 0.29) is 42.0 Å². The summed E-state index contributed by atoms with van der Waals surface area (Å²) in [4.78, 5) is 20.6. The van der Waals surface area contributed by atoms with Gasteiger partial charge in [-0.1, -0.05) is 0 Å². The summed E-state index contributed by atoms with van der Waals surface area (Å²) in [6.45, 7) is 0.110. The number of hydrogen-bond acceptors (Lipinski definition) is 2. The van der Waals surface area contributed by atoms with Crippen molar-refractivity contribution in [3.8, 4) is 0 Å². The number of nitrogens with one attached hydrogen (secondary N) is 1. The summed E-state index contributed by atoms with van der Waals surface area (Å²) in [6.07, 6.45) is 0. The Labute approximate surface area is 82.6 Å². The Hall–Kier alpha value is 0.420. The first-order valence-electron chi connectivity index (χ1n) is 1.97. The first kappa shape index (κ1) is 9.42. The number of imide groups is 1. The van der Waals surface area contributed by atoms with E-state index in [0.717, 1.165) is 3.93 Å². The number of carbonyl (C=O) groups excluding carboxylic acids is 2. The van der Waals surface area contributed by atoms with Gasteiger partial charge in [0.25, 0.3) is 0 Å². The minimum absolute atomic E-state index is 0. The van der Waals surface area contributed by atoms with Gasteiger partial charge in [-0.05, 0) is 0 Å². The van der Waals surface area contributed by atoms with Gasteiger partial charge in [-0.25, -0.2) is 4.79 Å². The topological polar surface area (TPSA) is 49.4 Å². The van der Waals surface area contributed by atoms with Crippen molar-refractivity contribution >= 4 is 57.6 Å². The van der Waals surface area contributed by atoms with Crippen LogP contribution in [0.25, 0.3) is 0 Å². The van der Waals surface area contributed by atoms with E-state index in [1.807, 2.05) is 0 Å². The SMILES string of the molecule is O=C1CN(Br)C(=O)N1.[Na]. The van der Waals surface area contributed by atoms with E-state index >= 15 is 0 Å². The van der Waals surface area contributed by atoms with Crippen molar-refractivity contribution in [1.82, 2.24) is 9.24 Å². The molecule has 0 saturated carbocycles. The summed E-state index contributed by atoms with van der Waals surface area (Å²) in [7, 11) is 0. The maximum Gasteiger partial charge on any atom is 0.334 e. The van der Waals surface area contributed by atoms with Gasteiger partial charge in [0.05, 0.1) is 16.1 Å². The quantitative estimate of drug-likeness (QED) is 0.326. The molecule has 0 aromatic rings. The van der Waals surface area contributed by atoms with Crippen molar-refractivity contribution in [3.05, 3.63) is 0 Å². The largest absolute Gasteiger partial charge is 0.334 e. The van der Waals surface area contributed by atoms with Gasteiger partial charge >= 0.3 is 6.03 Å². The van der Waals surface area contributed by atoms with Crippen LogP contribution < -0.4 is 5.32 Å². The summed E-state index contributed by atoms with van der Waals surface area (Å²) in [6, 6.07) is -0.394. The smallest absolute Gasteiger partial charge is 0.276 e. The number of halogens is 1. The molecule has 0 bridgehead atoms. The third kappa shape index (κ3) is 2.25. The Kier molecular flexibility index (Phi) is 3.72. The maximum absolute atomic E-state index is 10.3. The molecule has 0 aromatic carbocycles. The molecule has 0 aromatic heterocycles. The van der Waals surface area contributed by atoms with Gasteiger partial charge in [-0.2, -0.15) is 0 Å². The van der Waals surface area contributed by atoms with Crippen molar-refractivity contribution < 1.29 is 9.59 Å². The van der Waals surface area contributed by atoms with Crippen LogP contribution in [-0.2, 0) is 4.79 Å². The van der Waals surface area contributed by atoms with E-state index in [1.165, 1.54) is 0 Å². The summed E-state index contributed by atoms with van der Waals surface area (Å²) in [5, 5.41) is 2.07. The average molecular weight is 202 g/mol. The Bertz CT molecular complexity index is 151. The molecule has 1 saturated heterocycles. The molecule has 0 unspecified atom stereocenters. The molecule has 1 fully saturated rings. The molecule has 1 aliphatic rings. The van der Waals surface area contributed by atoms with Gasteiger partial charge in [-0.15, -0.1) is 0 Å². The number of urea groups is 1. The Morgan fingerprint density at radius 1 is 1.56 bits per heavy atom. The molecule has 0 atom stereocenters. The van der Waals surface area contributed by atoms with Crippen molar-refractivity contribution in [3.63, 3.8) is 0 Å². The third-order valence-corrected chi connectivity index (χ3v) is 1.32. The fraction of sp³-hybridized carbons (Fsp3) is 0.333. The zero-order valence-corrected chi connectivity index (χ0v) is 8.43. The molecule has 9 heavy (non-hydrogen) atoms. The van der Waals surface area contributed by atoms with Crippen molar-refractivity contribution in [2.45, 2.75) is 0 Å². The second-order valence-electron chi connectivity index (χ2n) is 1.37. The predicted molar refractivity (Wildman–Crippen MR) is 34.9 cm³/mol. The van der Waals surface area contributed by atoms with Crippen LogP contribution in [0.2, 0.25) is 0 Å². The van der Waals surface area contributed by atoms with Gasteiger partial charge in [-0.3, -0.25) is 14.0 Å². The van der Waals surface area contributed by atoms with E-state index < -0.39 is 6.03 Å². The molecule has 45 valence electrons. The molecule has 0 aliphatic carbocycles. The number of amides is 3. The van der Waals surface area contributed by atoms with Gasteiger partial charge in [0.2, 0.25) is 5.91 Å². The molecule has 3 amide bonds. The van der Waals surface area contributed by atoms with Crippen LogP contribution in [-0.4, -0.2) is 52.0 Å². The van der Waals surface area contributed by atoms with E-state index in [0.29, 0.717) is 0 Å². The minimum atomic E-state index is -0.394. The first-order chi connectivity index (χ1) is 3.70. The number of carbonyl (C=O) groups is 2. The molecule has 1 heterocycles. The van der Waals surface area contributed by atoms with Crippen molar-refractivity contribution in [2.24, 2.45) is 0 Å². The van der Waals surface area contributed by atoms with Crippen LogP contribution in [0.4, 0.5) is 4.79 Å². The van der Waals surface area contributed by atoms with Crippen LogP contribution in [0.3, 0.4) is 0 Å². The zero-order valence-electron chi connectivity index (χ0n) is 4.85. The predicted octanol–water partition coefficient (Wildman–Crippen LogP) is -0.533. The number of rotatable bonds is 0. The molecular weight excluding hydrogens is 199 g/mol. The van der Waals surface area contributed by atoms with Crippen molar-refractivity contribution in [1.29, 1.82) is 0 Å². The summed E-state index contributed by atoms with van der Waals surface area (Å²) in [5.41, 5.74) is 0. The Morgan fingerprint density at radius 3 is 2.22 bits per heavy atom. The van der Waals surface area contributed by atoms with E-state index in [1.54, 1.807) is 0 Å². The molecule has 0 spiro atoms. The van der Waals surface area contributed by atoms with Crippen LogP contribution in [0, 0.1) is 0 Å². The molecule has 1 rings (SSSR count). The molecule has 1 aliphatic heterocycles. The zero-order chi connectivity index (χ0) is 6.15. The monoisotopic (exact) mass is 201 g/mol. The van der Waals surface area contributed by atoms with Crippen LogP contribution in [0.5, 0.6) is 0 Å². The molecule has 4 nitrogen and oxygen atoms in total. The third-order valence-electron chi connectivity index (χ3n) is 0.749. The van der Waals surface area contributed by atoms with Crippen molar-refractivity contribution in [2.75, 3.05) is 6.54 Å². The van der Waals surface area contributed by atoms with Crippen LogP contribution >= 0.6 is 16.1 Å². The van der Waals surface area contributed by atoms with Crippen LogP contribution in [0.1, 0.15) is 0 Å². The standard InChI is InChI=1S/C3H3BrN2O2.Na/c4-6-1-2(7)5-3(6)8;/h1H2,(H,5,7,8);. The van der Waals surface area contributed by atoms with Gasteiger partial charge in [0.15, 0.2) is 0 Å². The molecular formula is C3H3BrN2NaO2.